The van der Waals surface area contributed by atoms with Gasteiger partial charge in [-0.2, -0.15) is 16.9 Å². The molecule has 4 rings (SSSR count). The summed E-state index contributed by atoms with van der Waals surface area (Å²) < 4.78 is 6.71. The summed E-state index contributed by atoms with van der Waals surface area (Å²) in [6.45, 7) is 0.489. The highest BCUT2D eigenvalue weighted by Gasteiger charge is 2.25. The smallest absolute Gasteiger partial charge is 0.292 e. The summed E-state index contributed by atoms with van der Waals surface area (Å²) in [5.41, 5.74) is 2.90. The van der Waals surface area contributed by atoms with Crippen molar-refractivity contribution < 1.29 is 14.0 Å². The number of carbonyl (C=O) groups is 2. The van der Waals surface area contributed by atoms with Gasteiger partial charge in [0.2, 0.25) is 5.91 Å². The van der Waals surface area contributed by atoms with Crippen molar-refractivity contribution in [2.24, 2.45) is 0 Å². The fourth-order valence-corrected chi connectivity index (χ4v) is 3.92. The second-order valence-corrected chi connectivity index (χ2v) is 7.10. The minimum absolute atomic E-state index is 0.0399. The number of hydrogen-bond acceptors (Lipinski definition) is 5. The summed E-state index contributed by atoms with van der Waals surface area (Å²) >= 11 is 1.73. The van der Waals surface area contributed by atoms with Gasteiger partial charge in [-0.05, 0) is 17.7 Å². The summed E-state index contributed by atoms with van der Waals surface area (Å²) in [5, 5.41) is 10.2. The van der Waals surface area contributed by atoms with Crippen LogP contribution in [0, 0.1) is 0 Å². The van der Waals surface area contributed by atoms with E-state index in [4.69, 9.17) is 4.42 Å². The lowest BCUT2D eigenvalue weighted by Crippen LogP contribution is -2.28. The zero-order valence-electron chi connectivity index (χ0n) is 14.5. The number of nitrogens with one attached hydrogen (secondary N) is 2. The van der Waals surface area contributed by atoms with Gasteiger partial charge in [0.15, 0.2) is 5.76 Å². The first-order chi connectivity index (χ1) is 13.2. The SMILES string of the molecule is O=C(Cn1nc2c(c1NC(=O)c1ccco1)CSC2)NCc1ccccc1. The second-order valence-electron chi connectivity index (χ2n) is 6.12. The number of furan rings is 1. The molecule has 3 heterocycles. The Hall–Kier alpha value is -3.00. The van der Waals surface area contributed by atoms with E-state index >= 15 is 0 Å². The standard InChI is InChI=1S/C19H18N4O3S/c24-17(20-9-13-5-2-1-3-6-13)10-23-18(14-11-27-12-15(14)22-23)21-19(25)16-7-4-8-26-16/h1-8H,9-12H2,(H,20,24)(H,21,25). The van der Waals surface area contributed by atoms with E-state index in [1.165, 1.54) is 6.26 Å². The van der Waals surface area contributed by atoms with Gasteiger partial charge in [-0.25, -0.2) is 4.68 Å². The van der Waals surface area contributed by atoms with E-state index in [2.05, 4.69) is 15.7 Å². The molecule has 0 radical (unpaired) electrons. The van der Waals surface area contributed by atoms with Crippen molar-refractivity contribution in [2.45, 2.75) is 24.6 Å². The molecule has 3 aromatic rings. The Balaban J connectivity index is 1.47. The number of carbonyl (C=O) groups excluding carboxylic acids is 2. The van der Waals surface area contributed by atoms with E-state index in [0.717, 1.165) is 28.3 Å². The monoisotopic (exact) mass is 382 g/mol. The Morgan fingerprint density at radius 1 is 1.15 bits per heavy atom. The van der Waals surface area contributed by atoms with Gasteiger partial charge in [-0.3, -0.25) is 9.59 Å². The van der Waals surface area contributed by atoms with Crippen molar-refractivity contribution >= 4 is 29.4 Å². The van der Waals surface area contributed by atoms with Gasteiger partial charge < -0.3 is 15.1 Å². The lowest BCUT2D eigenvalue weighted by Gasteiger charge is -2.11. The van der Waals surface area contributed by atoms with Crippen molar-refractivity contribution in [1.29, 1.82) is 0 Å². The van der Waals surface area contributed by atoms with Crippen LogP contribution in [0.25, 0.3) is 0 Å². The number of aromatic nitrogens is 2. The number of nitrogens with zero attached hydrogens (tertiary/aromatic N) is 2. The Labute approximate surface area is 160 Å². The van der Waals surface area contributed by atoms with Crippen LogP contribution >= 0.6 is 11.8 Å². The number of amides is 2. The minimum atomic E-state index is -0.356. The van der Waals surface area contributed by atoms with E-state index in [1.807, 2.05) is 30.3 Å². The number of hydrogen-bond donors (Lipinski definition) is 2. The largest absolute Gasteiger partial charge is 0.459 e. The number of fused-ring (bicyclic) bond motifs is 1. The maximum Gasteiger partial charge on any atom is 0.292 e. The molecule has 0 unspecified atom stereocenters. The number of benzene rings is 1. The summed E-state index contributed by atoms with van der Waals surface area (Å²) in [7, 11) is 0. The highest BCUT2D eigenvalue weighted by molar-refractivity contribution is 7.98. The van der Waals surface area contributed by atoms with Crippen LogP contribution in [0.5, 0.6) is 0 Å². The molecular weight excluding hydrogens is 364 g/mol. The molecule has 0 fully saturated rings. The van der Waals surface area contributed by atoms with E-state index in [0.29, 0.717) is 12.4 Å². The lowest BCUT2D eigenvalue weighted by molar-refractivity contribution is -0.122. The van der Waals surface area contributed by atoms with Crippen LogP contribution in [-0.2, 0) is 29.4 Å². The fourth-order valence-electron chi connectivity index (χ4n) is 2.89. The lowest BCUT2D eigenvalue weighted by atomic mass is 10.2. The summed E-state index contributed by atoms with van der Waals surface area (Å²) in [6.07, 6.45) is 1.45. The minimum Gasteiger partial charge on any atom is -0.459 e. The normalized spacial score (nSPS) is 12.6. The maximum atomic E-state index is 12.4. The van der Waals surface area contributed by atoms with Crippen LogP contribution in [-0.4, -0.2) is 21.6 Å². The van der Waals surface area contributed by atoms with Crippen molar-refractivity contribution in [3.05, 3.63) is 71.3 Å². The van der Waals surface area contributed by atoms with Crippen molar-refractivity contribution in [3.63, 3.8) is 0 Å². The molecule has 8 heteroatoms. The first-order valence-electron chi connectivity index (χ1n) is 8.52. The van der Waals surface area contributed by atoms with Crippen LogP contribution in [0.4, 0.5) is 5.82 Å². The van der Waals surface area contributed by atoms with Crippen LogP contribution in [0.1, 0.15) is 27.4 Å². The third-order valence-electron chi connectivity index (χ3n) is 4.22. The maximum absolute atomic E-state index is 12.4. The molecule has 2 amide bonds. The zero-order valence-corrected chi connectivity index (χ0v) is 15.3. The molecule has 27 heavy (non-hydrogen) atoms. The van der Waals surface area contributed by atoms with Crippen LogP contribution < -0.4 is 10.6 Å². The number of rotatable bonds is 6. The Morgan fingerprint density at radius 3 is 2.78 bits per heavy atom. The highest BCUT2D eigenvalue weighted by atomic mass is 32.2. The van der Waals surface area contributed by atoms with E-state index in [9.17, 15) is 9.59 Å². The molecule has 138 valence electrons. The molecule has 7 nitrogen and oxygen atoms in total. The summed E-state index contributed by atoms with van der Waals surface area (Å²) in [4.78, 5) is 24.7. The average Bonchev–Trinajstić information content (AvgIpc) is 3.41. The Bertz CT molecular complexity index is 951. The molecule has 2 aromatic heterocycles. The topological polar surface area (TPSA) is 89.2 Å². The van der Waals surface area contributed by atoms with Gasteiger partial charge in [0.05, 0.1) is 12.0 Å². The fraction of sp³-hybridized carbons (Fsp3) is 0.211. The first kappa shape index (κ1) is 17.4. The molecule has 1 aromatic carbocycles. The van der Waals surface area contributed by atoms with Crippen molar-refractivity contribution in [1.82, 2.24) is 15.1 Å². The van der Waals surface area contributed by atoms with Gasteiger partial charge in [-0.15, -0.1) is 0 Å². The average molecular weight is 382 g/mol. The predicted octanol–water partition coefficient (Wildman–Crippen LogP) is 2.79. The van der Waals surface area contributed by atoms with Gasteiger partial charge in [0, 0.05) is 23.6 Å². The third-order valence-corrected chi connectivity index (χ3v) is 5.19. The summed E-state index contributed by atoms with van der Waals surface area (Å²) in [5.74, 6) is 1.79. The van der Waals surface area contributed by atoms with Crippen molar-refractivity contribution in [2.75, 3.05) is 5.32 Å². The zero-order chi connectivity index (χ0) is 18.6. The predicted molar refractivity (Wildman–Crippen MR) is 102 cm³/mol. The highest BCUT2D eigenvalue weighted by Crippen LogP contribution is 2.34. The molecule has 0 saturated heterocycles. The van der Waals surface area contributed by atoms with Crippen molar-refractivity contribution in [3.8, 4) is 0 Å². The Morgan fingerprint density at radius 2 is 2.00 bits per heavy atom. The third kappa shape index (κ3) is 3.90. The summed E-state index contributed by atoms with van der Waals surface area (Å²) in [6, 6.07) is 13.0. The molecule has 1 aliphatic heterocycles. The van der Waals surface area contributed by atoms with E-state index < -0.39 is 0 Å². The molecular formula is C19H18N4O3S. The second kappa shape index (κ2) is 7.71. The molecule has 1 aliphatic rings. The van der Waals surface area contributed by atoms with Gasteiger partial charge >= 0.3 is 0 Å². The first-order valence-corrected chi connectivity index (χ1v) is 9.68. The molecule has 2 N–H and O–H groups in total. The molecule has 0 bridgehead atoms. The molecule has 0 saturated carbocycles. The number of thioether (sulfide) groups is 1. The van der Waals surface area contributed by atoms with Gasteiger partial charge in [0.25, 0.3) is 5.91 Å². The molecule has 0 aliphatic carbocycles. The van der Waals surface area contributed by atoms with Gasteiger partial charge in [-0.1, -0.05) is 30.3 Å². The molecule has 0 atom stereocenters. The molecule has 0 spiro atoms. The van der Waals surface area contributed by atoms with E-state index in [-0.39, 0.29) is 24.1 Å². The quantitative estimate of drug-likeness (QED) is 0.684. The van der Waals surface area contributed by atoms with Crippen LogP contribution in [0.2, 0.25) is 0 Å². The van der Waals surface area contributed by atoms with Gasteiger partial charge in [0.1, 0.15) is 12.4 Å². The number of anilines is 1. The Kier molecular flexibility index (Phi) is 4.97. The van der Waals surface area contributed by atoms with E-state index in [1.54, 1.807) is 28.6 Å². The van der Waals surface area contributed by atoms with Crippen LogP contribution in [0.15, 0.2) is 53.1 Å². The van der Waals surface area contributed by atoms with Crippen LogP contribution in [0.3, 0.4) is 0 Å².